The van der Waals surface area contributed by atoms with E-state index in [0.29, 0.717) is 18.9 Å². The highest BCUT2D eigenvalue weighted by Gasteiger charge is 2.17. The molecule has 1 atom stereocenters. The van der Waals surface area contributed by atoms with Crippen molar-refractivity contribution in [3.05, 3.63) is 18.0 Å². The normalized spacial score (nSPS) is 12.7. The average molecular weight is 269 g/mol. The molecule has 0 radical (unpaired) electrons. The van der Waals surface area contributed by atoms with E-state index < -0.39 is 12.0 Å². The first-order valence-corrected chi connectivity index (χ1v) is 7.06. The molecule has 18 heavy (non-hydrogen) atoms. The second-order valence-corrected chi connectivity index (χ2v) is 5.25. The largest absolute Gasteiger partial charge is 0.480 e. The van der Waals surface area contributed by atoms with E-state index in [1.54, 1.807) is 12.4 Å². The van der Waals surface area contributed by atoms with Crippen molar-refractivity contribution in [1.29, 1.82) is 0 Å². The Balaban J connectivity index is 2.52. The van der Waals surface area contributed by atoms with Gasteiger partial charge in [0.05, 0.1) is 0 Å². The lowest BCUT2D eigenvalue weighted by atomic mass is 10.0. The van der Waals surface area contributed by atoms with E-state index in [1.807, 2.05) is 20.1 Å². The molecule has 1 rings (SSSR count). The highest BCUT2D eigenvalue weighted by atomic mass is 32.2. The number of carboxylic acids is 1. The van der Waals surface area contributed by atoms with Crippen LogP contribution in [0.3, 0.4) is 0 Å². The minimum Gasteiger partial charge on any atom is -0.480 e. The van der Waals surface area contributed by atoms with Gasteiger partial charge >= 0.3 is 5.97 Å². The highest BCUT2D eigenvalue weighted by Crippen LogP contribution is 2.08. The molecule has 0 amide bonds. The second kappa shape index (κ2) is 7.33. The van der Waals surface area contributed by atoms with Gasteiger partial charge in [0.1, 0.15) is 6.04 Å². The van der Waals surface area contributed by atoms with E-state index in [-0.39, 0.29) is 0 Å². The third kappa shape index (κ3) is 5.01. The number of hydrogen-bond donors (Lipinski definition) is 2. The highest BCUT2D eigenvalue weighted by molar-refractivity contribution is 7.98. The molecular formula is C12H19N3O2S. The van der Waals surface area contributed by atoms with Gasteiger partial charge < -0.3 is 10.4 Å². The fourth-order valence-corrected chi connectivity index (χ4v) is 1.84. The second-order valence-electron chi connectivity index (χ2n) is 4.48. The number of nitrogens with one attached hydrogen (secondary N) is 1. The number of thioether (sulfide) groups is 1. The zero-order chi connectivity index (χ0) is 13.5. The summed E-state index contributed by atoms with van der Waals surface area (Å²) in [5.74, 6) is -0.473. The van der Waals surface area contributed by atoms with Crippen LogP contribution in [0.2, 0.25) is 0 Å². The van der Waals surface area contributed by atoms with Crippen LogP contribution in [-0.2, 0) is 11.3 Å². The molecule has 0 bridgehead atoms. The minimum absolute atomic E-state index is 0.341. The van der Waals surface area contributed by atoms with Gasteiger partial charge in [0.25, 0.3) is 0 Å². The van der Waals surface area contributed by atoms with Crippen LogP contribution < -0.4 is 5.32 Å². The summed E-state index contributed by atoms with van der Waals surface area (Å²) in [7, 11) is 0. The van der Waals surface area contributed by atoms with Crippen molar-refractivity contribution >= 4 is 17.7 Å². The maximum absolute atomic E-state index is 11.1. The molecule has 6 heteroatoms. The molecule has 0 fully saturated rings. The van der Waals surface area contributed by atoms with Gasteiger partial charge in [-0.1, -0.05) is 25.6 Å². The molecule has 0 saturated carbocycles. The van der Waals surface area contributed by atoms with Gasteiger partial charge in [0.2, 0.25) is 0 Å². The Morgan fingerprint density at radius 1 is 1.44 bits per heavy atom. The predicted octanol–water partition coefficient (Wildman–Crippen LogP) is 1.79. The third-order valence-corrected chi connectivity index (χ3v) is 3.00. The minimum atomic E-state index is -0.814. The van der Waals surface area contributed by atoms with Crippen LogP contribution in [0, 0.1) is 5.92 Å². The fourth-order valence-electron chi connectivity index (χ4n) is 1.52. The van der Waals surface area contributed by atoms with Crippen molar-refractivity contribution in [2.24, 2.45) is 5.92 Å². The number of carbonyl (C=O) groups is 1. The van der Waals surface area contributed by atoms with Crippen LogP contribution in [-0.4, -0.2) is 33.3 Å². The zero-order valence-electron chi connectivity index (χ0n) is 10.9. The van der Waals surface area contributed by atoms with Crippen LogP contribution in [0.1, 0.15) is 25.8 Å². The quantitative estimate of drug-likeness (QED) is 0.580. The Hall–Kier alpha value is -1.14. The first-order valence-electron chi connectivity index (χ1n) is 5.84. The number of rotatable bonds is 7. The topological polar surface area (TPSA) is 75.1 Å². The Labute approximate surface area is 111 Å². The monoisotopic (exact) mass is 269 g/mol. The third-order valence-electron chi connectivity index (χ3n) is 2.42. The summed E-state index contributed by atoms with van der Waals surface area (Å²) in [6, 6.07) is -0.523. The van der Waals surface area contributed by atoms with Crippen LogP contribution in [0.5, 0.6) is 0 Å². The van der Waals surface area contributed by atoms with Crippen LogP contribution in [0.25, 0.3) is 0 Å². The molecule has 0 aliphatic heterocycles. The molecule has 5 nitrogen and oxygen atoms in total. The first-order chi connectivity index (χ1) is 8.52. The lowest BCUT2D eigenvalue weighted by molar-refractivity contribution is -0.140. The first kappa shape index (κ1) is 14.9. The van der Waals surface area contributed by atoms with E-state index in [0.717, 1.165) is 10.7 Å². The van der Waals surface area contributed by atoms with Gasteiger partial charge in [-0.25, -0.2) is 9.97 Å². The lowest BCUT2D eigenvalue weighted by Crippen LogP contribution is -2.37. The van der Waals surface area contributed by atoms with E-state index in [1.165, 1.54) is 11.8 Å². The van der Waals surface area contributed by atoms with Gasteiger partial charge in [-0.05, 0) is 18.6 Å². The molecule has 0 saturated heterocycles. The predicted molar refractivity (Wildman–Crippen MR) is 71.5 cm³/mol. The lowest BCUT2D eigenvalue weighted by Gasteiger charge is -2.16. The van der Waals surface area contributed by atoms with Crippen molar-refractivity contribution < 1.29 is 9.90 Å². The maximum Gasteiger partial charge on any atom is 0.320 e. The molecular weight excluding hydrogens is 250 g/mol. The van der Waals surface area contributed by atoms with Crippen molar-refractivity contribution in [1.82, 2.24) is 15.3 Å². The van der Waals surface area contributed by atoms with E-state index >= 15 is 0 Å². The Morgan fingerprint density at radius 3 is 2.50 bits per heavy atom. The summed E-state index contributed by atoms with van der Waals surface area (Å²) in [6.45, 7) is 4.49. The average Bonchev–Trinajstić information content (AvgIpc) is 2.34. The molecule has 1 aromatic heterocycles. The van der Waals surface area contributed by atoms with E-state index in [9.17, 15) is 4.79 Å². The Kier molecular flexibility index (Phi) is 6.07. The number of aromatic nitrogens is 2. The molecule has 0 spiro atoms. The van der Waals surface area contributed by atoms with Crippen LogP contribution in [0.15, 0.2) is 17.6 Å². The Bertz CT molecular complexity index is 381. The molecule has 1 aromatic rings. The number of aliphatic carboxylic acids is 1. The summed E-state index contributed by atoms with van der Waals surface area (Å²) in [4.78, 5) is 19.4. The fraction of sp³-hybridized carbons (Fsp3) is 0.583. The van der Waals surface area contributed by atoms with Gasteiger partial charge in [-0.2, -0.15) is 0 Å². The smallest absolute Gasteiger partial charge is 0.320 e. The van der Waals surface area contributed by atoms with Gasteiger partial charge in [-0.15, -0.1) is 0 Å². The molecule has 2 N–H and O–H groups in total. The van der Waals surface area contributed by atoms with Crippen molar-refractivity contribution in [3.63, 3.8) is 0 Å². The molecule has 0 aliphatic rings. The van der Waals surface area contributed by atoms with E-state index in [2.05, 4.69) is 15.3 Å². The summed E-state index contributed by atoms with van der Waals surface area (Å²) in [5.41, 5.74) is 0.891. The number of nitrogens with zero attached hydrogens (tertiary/aromatic N) is 2. The van der Waals surface area contributed by atoms with Gasteiger partial charge in [-0.3, -0.25) is 4.79 Å². The molecule has 1 heterocycles. The standard InChI is InChI=1S/C12H19N3O2S/c1-8(2)4-10(11(16)17)13-5-9-6-14-12(18-3)15-7-9/h6-8,10,13H,4-5H2,1-3H3,(H,16,17). The molecule has 1 unspecified atom stereocenters. The summed E-state index contributed by atoms with van der Waals surface area (Å²) < 4.78 is 0. The SMILES string of the molecule is CSc1ncc(CNC(CC(C)C)C(=O)O)cn1. The maximum atomic E-state index is 11.1. The summed E-state index contributed by atoms with van der Waals surface area (Å²) >= 11 is 1.48. The van der Waals surface area contributed by atoms with Gasteiger partial charge in [0.15, 0.2) is 5.16 Å². The van der Waals surface area contributed by atoms with Gasteiger partial charge in [0, 0.05) is 24.5 Å². The molecule has 100 valence electrons. The molecule has 0 aromatic carbocycles. The molecule has 0 aliphatic carbocycles. The van der Waals surface area contributed by atoms with Crippen LogP contribution >= 0.6 is 11.8 Å². The summed E-state index contributed by atoms with van der Waals surface area (Å²) in [6.07, 6.45) is 5.97. The van der Waals surface area contributed by atoms with E-state index in [4.69, 9.17) is 5.11 Å². The number of hydrogen-bond acceptors (Lipinski definition) is 5. The zero-order valence-corrected chi connectivity index (χ0v) is 11.7. The van der Waals surface area contributed by atoms with Crippen molar-refractivity contribution in [2.45, 2.75) is 38.0 Å². The van der Waals surface area contributed by atoms with Crippen molar-refractivity contribution in [3.8, 4) is 0 Å². The number of carboxylic acid groups (broad SMARTS) is 1. The summed E-state index contributed by atoms with van der Waals surface area (Å²) in [5, 5.41) is 12.8. The van der Waals surface area contributed by atoms with Crippen molar-refractivity contribution in [2.75, 3.05) is 6.26 Å². The Morgan fingerprint density at radius 2 is 2.06 bits per heavy atom. The van der Waals surface area contributed by atoms with Crippen LogP contribution in [0.4, 0.5) is 0 Å².